The zero-order valence-corrected chi connectivity index (χ0v) is 25.7. The maximum absolute atomic E-state index is 17.0. The zero-order chi connectivity index (χ0) is 31.4. The number of carbonyl (C=O) groups is 1. The topological polar surface area (TPSA) is 128 Å². The molecule has 1 N–H and O–H groups in total. The highest BCUT2D eigenvalue weighted by Crippen LogP contribution is 2.42. The summed E-state index contributed by atoms with van der Waals surface area (Å²) in [7, 11) is 0. The van der Waals surface area contributed by atoms with Gasteiger partial charge in [-0.3, -0.25) is 15.0 Å². The molecule has 3 atom stereocenters. The summed E-state index contributed by atoms with van der Waals surface area (Å²) in [5.74, 6) is -0.312. The monoisotopic (exact) mass is 655 g/mol. The van der Waals surface area contributed by atoms with Gasteiger partial charge in [0, 0.05) is 41.7 Å². The van der Waals surface area contributed by atoms with Crippen molar-refractivity contribution in [3.8, 4) is 17.3 Å². The van der Waals surface area contributed by atoms with Gasteiger partial charge in [0.15, 0.2) is 5.82 Å². The summed E-state index contributed by atoms with van der Waals surface area (Å²) in [5, 5.41) is 8.44. The fraction of sp³-hybridized carbons (Fsp3) is 0.516. The zero-order valence-electron chi connectivity index (χ0n) is 24.9. The minimum Gasteiger partial charge on any atom is -0.461 e. The Morgan fingerprint density at radius 2 is 2.07 bits per heavy atom. The van der Waals surface area contributed by atoms with Crippen LogP contribution in [0.4, 0.5) is 19.4 Å². The molecule has 3 saturated heterocycles. The van der Waals surface area contributed by atoms with Crippen LogP contribution in [-0.2, 0) is 20.6 Å². The first-order chi connectivity index (χ1) is 22.4. The Hall–Kier alpha value is -3.88. The second-order valence-corrected chi connectivity index (χ2v) is 12.8. The summed E-state index contributed by atoms with van der Waals surface area (Å²) in [6.07, 6.45) is 3.61. The van der Waals surface area contributed by atoms with Crippen LogP contribution in [0.5, 0.6) is 6.01 Å². The molecule has 4 aromatic rings. The van der Waals surface area contributed by atoms with E-state index in [1.54, 1.807) is 18.5 Å². The fourth-order valence-corrected chi connectivity index (χ4v) is 7.68. The second kappa shape index (κ2) is 11.7. The van der Waals surface area contributed by atoms with Crippen LogP contribution in [0.15, 0.2) is 18.5 Å². The van der Waals surface area contributed by atoms with Gasteiger partial charge in [0.25, 0.3) is 0 Å². The minimum atomic E-state index is -0.928. The van der Waals surface area contributed by atoms with E-state index in [1.807, 2.05) is 4.90 Å². The van der Waals surface area contributed by atoms with Crippen molar-refractivity contribution in [1.82, 2.24) is 30.0 Å². The van der Waals surface area contributed by atoms with Gasteiger partial charge in [-0.05, 0) is 43.9 Å². The molecule has 3 fully saturated rings. The quantitative estimate of drug-likeness (QED) is 0.311. The SMILES string of the molecule is O=C1OCCCc2c(Cl)cc3[nH]ncc3c2-c2ncc3c(nc(OC[C@@]45CCCN4C[C@H](F)C5)nc3c2F)N2CCOC[C@H](C2)O1. The summed E-state index contributed by atoms with van der Waals surface area (Å²) in [4.78, 5) is 30.6. The largest absolute Gasteiger partial charge is 0.508 e. The molecule has 0 aliphatic carbocycles. The average molecular weight is 656 g/mol. The number of carbonyl (C=O) groups excluding carboxylic acids is 1. The molecule has 9 rings (SSSR count). The number of aromatic amines is 1. The van der Waals surface area contributed by atoms with Gasteiger partial charge in [-0.15, -0.1) is 0 Å². The number of nitrogens with one attached hydrogen (secondary N) is 1. The first-order valence-electron chi connectivity index (χ1n) is 15.6. The molecule has 5 aliphatic rings. The number of fused-ring (bicyclic) bond motifs is 8. The van der Waals surface area contributed by atoms with E-state index < -0.39 is 29.8 Å². The van der Waals surface area contributed by atoms with Crippen LogP contribution < -0.4 is 9.64 Å². The van der Waals surface area contributed by atoms with Crippen LogP contribution >= 0.6 is 11.6 Å². The molecular weight excluding hydrogens is 624 g/mol. The molecule has 3 aromatic heterocycles. The molecule has 8 heterocycles. The fourth-order valence-electron chi connectivity index (χ4n) is 7.38. The molecule has 0 spiro atoms. The van der Waals surface area contributed by atoms with E-state index in [0.29, 0.717) is 77.2 Å². The van der Waals surface area contributed by atoms with Crippen molar-refractivity contribution < 1.29 is 32.5 Å². The van der Waals surface area contributed by atoms with Crippen molar-refractivity contribution in [3.63, 3.8) is 0 Å². The number of aromatic nitrogens is 5. The lowest BCUT2D eigenvalue weighted by atomic mass is 9.95. The number of ether oxygens (including phenoxy) is 4. The molecule has 0 radical (unpaired) electrons. The van der Waals surface area contributed by atoms with E-state index in [9.17, 15) is 9.18 Å². The van der Waals surface area contributed by atoms with E-state index >= 15 is 4.39 Å². The Morgan fingerprint density at radius 1 is 1.15 bits per heavy atom. The highest BCUT2D eigenvalue weighted by molar-refractivity contribution is 6.33. The predicted molar refractivity (Wildman–Crippen MR) is 164 cm³/mol. The van der Waals surface area contributed by atoms with Gasteiger partial charge in [0.05, 0.1) is 49.0 Å². The summed E-state index contributed by atoms with van der Waals surface area (Å²) < 4.78 is 54.4. The van der Waals surface area contributed by atoms with Gasteiger partial charge in [0.2, 0.25) is 0 Å². The van der Waals surface area contributed by atoms with Crippen molar-refractivity contribution >= 4 is 45.4 Å². The van der Waals surface area contributed by atoms with Crippen LogP contribution in [-0.4, -0.2) is 107 Å². The van der Waals surface area contributed by atoms with Crippen molar-refractivity contribution in [2.45, 2.75) is 49.9 Å². The van der Waals surface area contributed by atoms with Gasteiger partial charge in [-0.25, -0.2) is 13.6 Å². The lowest BCUT2D eigenvalue weighted by molar-refractivity contribution is -0.00448. The number of hydrogen-bond donors (Lipinski definition) is 1. The molecule has 46 heavy (non-hydrogen) atoms. The Labute approximate surface area is 267 Å². The molecule has 0 unspecified atom stereocenters. The minimum absolute atomic E-state index is 0.0114. The van der Waals surface area contributed by atoms with Crippen molar-refractivity contribution in [3.05, 3.63) is 34.9 Å². The third kappa shape index (κ3) is 5.16. The van der Waals surface area contributed by atoms with Gasteiger partial charge < -0.3 is 23.8 Å². The first-order valence-corrected chi connectivity index (χ1v) is 16.0. The first kappa shape index (κ1) is 29.5. The molecule has 0 amide bonds. The van der Waals surface area contributed by atoms with Crippen LogP contribution in [0.25, 0.3) is 33.1 Å². The van der Waals surface area contributed by atoms with E-state index in [-0.39, 0.29) is 43.6 Å². The number of nitrogens with zero attached hydrogens (tertiary/aromatic N) is 6. The van der Waals surface area contributed by atoms with Gasteiger partial charge in [0.1, 0.15) is 35.9 Å². The average Bonchev–Trinajstić information content (AvgIpc) is 3.68. The Morgan fingerprint density at radius 3 is 2.98 bits per heavy atom. The number of hydrogen-bond acceptors (Lipinski definition) is 11. The number of H-pyrrole nitrogens is 1. The van der Waals surface area contributed by atoms with E-state index in [2.05, 4.69) is 25.1 Å². The number of halogens is 3. The normalized spacial score (nSPS) is 25.5. The Balaban J connectivity index is 1.30. The summed E-state index contributed by atoms with van der Waals surface area (Å²) in [6, 6.07) is 1.70. The smallest absolute Gasteiger partial charge is 0.461 e. The highest BCUT2D eigenvalue weighted by Gasteiger charge is 2.49. The Kier molecular flexibility index (Phi) is 7.53. The van der Waals surface area contributed by atoms with Crippen LogP contribution in [0, 0.1) is 5.82 Å². The summed E-state index contributed by atoms with van der Waals surface area (Å²) in [5.41, 5.74) is 1.32. The second-order valence-electron chi connectivity index (χ2n) is 12.4. The number of rotatable bonds is 3. The van der Waals surface area contributed by atoms with Crippen molar-refractivity contribution in [1.29, 1.82) is 0 Å². The predicted octanol–water partition coefficient (Wildman–Crippen LogP) is 4.62. The highest BCUT2D eigenvalue weighted by atomic mass is 35.5. The molecule has 0 saturated carbocycles. The molecule has 242 valence electrons. The lowest BCUT2D eigenvalue weighted by Crippen LogP contribution is -2.43. The van der Waals surface area contributed by atoms with E-state index in [1.165, 1.54) is 0 Å². The van der Waals surface area contributed by atoms with Crippen molar-refractivity contribution in [2.24, 2.45) is 0 Å². The third-order valence-corrected chi connectivity index (χ3v) is 9.83. The van der Waals surface area contributed by atoms with Crippen LogP contribution in [0.2, 0.25) is 5.02 Å². The van der Waals surface area contributed by atoms with Crippen molar-refractivity contribution in [2.75, 3.05) is 57.5 Å². The van der Waals surface area contributed by atoms with Crippen LogP contribution in [0.3, 0.4) is 0 Å². The molecular formula is C31H32ClF2N7O5. The molecule has 15 heteroatoms. The summed E-state index contributed by atoms with van der Waals surface area (Å²) >= 11 is 6.75. The number of alkyl halides is 1. The van der Waals surface area contributed by atoms with Gasteiger partial charge in [-0.1, -0.05) is 11.6 Å². The van der Waals surface area contributed by atoms with Gasteiger partial charge in [-0.2, -0.15) is 15.1 Å². The van der Waals surface area contributed by atoms with E-state index in [4.69, 9.17) is 35.5 Å². The van der Waals surface area contributed by atoms with Gasteiger partial charge >= 0.3 is 12.2 Å². The third-order valence-electron chi connectivity index (χ3n) is 9.50. The standard InChI is InChI=1S/C31H32ClF2N7O5/c32-22-9-23-20(12-36-39-23)24-19(22)3-1-7-44-30(42)46-18-14-40(6-8-43-15-18)28-21-11-35-27(24)25(34)26(21)37-29(38-28)45-16-31-4-2-5-41(31)13-17(33)10-31/h9,11-12,17-18H,1-8,10,13-16H2,(H,36,39)/t17-,18+,31+/m1/s1. The Bertz CT molecular complexity index is 1830. The van der Waals surface area contributed by atoms with E-state index in [0.717, 1.165) is 19.4 Å². The number of pyridine rings is 1. The van der Waals surface area contributed by atoms with Crippen LogP contribution in [0.1, 0.15) is 31.2 Å². The summed E-state index contributed by atoms with van der Waals surface area (Å²) in [6.45, 7) is 2.46. The molecule has 5 aliphatic heterocycles. The molecule has 1 aromatic carbocycles. The maximum atomic E-state index is 17.0. The lowest BCUT2D eigenvalue weighted by Gasteiger charge is -2.31. The number of anilines is 1. The number of benzene rings is 1. The maximum Gasteiger partial charge on any atom is 0.508 e. The molecule has 12 nitrogen and oxygen atoms in total. The molecule has 6 bridgehead atoms.